The Bertz CT molecular complexity index is 3430. The third kappa shape index (κ3) is 9.98. The van der Waals surface area contributed by atoms with Crippen molar-refractivity contribution in [2.75, 3.05) is 0 Å². The molecule has 1 radical (unpaired) electrons. The molecule has 5 nitrogen and oxygen atoms in total. The molecule has 10 aromatic rings. The molecule has 0 amide bonds. The van der Waals surface area contributed by atoms with Crippen LogP contribution in [0.25, 0.3) is 83.3 Å². The van der Waals surface area contributed by atoms with Gasteiger partial charge in [0.1, 0.15) is 5.69 Å². The molecule has 0 aliphatic heterocycles. The van der Waals surface area contributed by atoms with Gasteiger partial charge in [0.15, 0.2) is 0 Å². The predicted molar refractivity (Wildman–Crippen MR) is 277 cm³/mol. The summed E-state index contributed by atoms with van der Waals surface area (Å²) < 4.78 is 49.0. The van der Waals surface area contributed by atoms with Crippen LogP contribution in [0.2, 0.25) is 19.6 Å². The summed E-state index contributed by atoms with van der Waals surface area (Å²) in [5.74, 6) is 1.57. The normalized spacial score (nSPS) is 12.1. The van der Waals surface area contributed by atoms with E-state index < -0.39 is 19.9 Å². The minimum absolute atomic E-state index is 0. The monoisotopic (exact) mass is 1110 g/mol. The molecule has 4 heterocycles. The Hall–Kier alpha value is -6.19. The van der Waals surface area contributed by atoms with Crippen LogP contribution in [0.4, 0.5) is 13.2 Å². The SMILES string of the molecule is CC(C)Cc1cc(-c2[c-]cccc2)ncc1[Si](C)(C)C.CC(C)c1cc(-c2ccc3ccccc3c2)cc(C(C)C)c1-n1c(-c2[c-]ccc3c2oc2nc(C(F)(F)F)ccc23)nc2ccccc21.[Ir]. The van der Waals surface area contributed by atoms with Crippen LogP contribution in [0.1, 0.15) is 75.8 Å². The first-order chi connectivity index (χ1) is 32.5. The van der Waals surface area contributed by atoms with Crippen LogP contribution >= 0.6 is 0 Å². The van der Waals surface area contributed by atoms with Gasteiger partial charge in [-0.1, -0.05) is 132 Å². The summed E-state index contributed by atoms with van der Waals surface area (Å²) in [5.41, 5.74) is 10.8. The van der Waals surface area contributed by atoms with Gasteiger partial charge in [-0.15, -0.1) is 54.1 Å². The third-order valence-corrected chi connectivity index (χ3v) is 14.6. The van der Waals surface area contributed by atoms with Gasteiger partial charge in [-0.2, -0.15) is 13.2 Å². The van der Waals surface area contributed by atoms with Gasteiger partial charge in [0.05, 0.1) is 30.5 Å². The molecule has 0 aliphatic carbocycles. The molecule has 0 unspecified atom stereocenters. The zero-order valence-corrected chi connectivity index (χ0v) is 43.8. The second-order valence-corrected chi connectivity index (χ2v) is 24.8. The van der Waals surface area contributed by atoms with Crippen molar-refractivity contribution in [2.45, 2.75) is 85.6 Å². The van der Waals surface area contributed by atoms with Crippen LogP contribution in [0.15, 0.2) is 144 Å². The number of benzene rings is 6. The average Bonchev–Trinajstić information content (AvgIpc) is 3.89. The van der Waals surface area contributed by atoms with Gasteiger partial charge in [0.25, 0.3) is 0 Å². The minimum atomic E-state index is -4.59. The molecule has 0 N–H and O–H groups in total. The van der Waals surface area contributed by atoms with E-state index in [9.17, 15) is 13.2 Å². The quantitative estimate of drug-likeness (QED) is 0.107. The molecule has 0 saturated heterocycles. The number of hydrogen-bond acceptors (Lipinski definition) is 4. The molecular weight excluding hydrogens is 1060 g/mol. The number of pyridine rings is 2. The number of aromatic nitrogens is 4. The number of alkyl halides is 3. The Kier molecular flexibility index (Phi) is 14.0. The first-order valence-corrected chi connectivity index (χ1v) is 26.9. The fourth-order valence-electron chi connectivity index (χ4n) is 9.20. The Morgan fingerprint density at radius 3 is 2.04 bits per heavy atom. The first kappa shape index (κ1) is 49.2. The molecule has 4 aromatic heterocycles. The van der Waals surface area contributed by atoms with Crippen molar-refractivity contribution in [3.8, 4) is 39.5 Å². The molecule has 0 fully saturated rings. The predicted octanol–water partition coefficient (Wildman–Crippen LogP) is 16.2. The third-order valence-electron chi connectivity index (χ3n) is 12.5. The van der Waals surface area contributed by atoms with Crippen molar-refractivity contribution in [1.29, 1.82) is 0 Å². The topological polar surface area (TPSA) is 56.7 Å². The number of para-hydroxylation sites is 2. The fraction of sp³-hybridized carbons (Fsp3) is 0.237. The largest absolute Gasteiger partial charge is 0.486 e. The number of fused-ring (bicyclic) bond motifs is 5. The standard InChI is InChI=1S/C41H31F3N3O.C18H24NSi.Ir/c1-23(2)32-21-28(27-17-16-25-10-5-6-11-26(25)20-27)22-33(24(3)4)37(32)47-35-15-8-7-14-34(35)45-39(47)31-13-9-12-29-30-18-19-36(41(42,43)44)46-40(30)48-38(29)31;1-14(2)11-16-12-17(15-9-7-6-8-10-15)19-13-18(16)20(3,4)5;/h5-12,14-24H,1-4H3;6-9,12-14H,11H2,1-5H3;/q2*-1;. The van der Waals surface area contributed by atoms with Gasteiger partial charge in [0, 0.05) is 37.4 Å². The number of furan rings is 1. The van der Waals surface area contributed by atoms with Crippen LogP contribution < -0.4 is 5.19 Å². The maximum Gasteiger partial charge on any atom is 0.433 e. The van der Waals surface area contributed by atoms with Crippen molar-refractivity contribution in [3.63, 3.8) is 0 Å². The molecule has 0 saturated carbocycles. The molecule has 0 spiro atoms. The Labute approximate surface area is 417 Å². The summed E-state index contributed by atoms with van der Waals surface area (Å²) in [4.78, 5) is 13.7. The summed E-state index contributed by atoms with van der Waals surface area (Å²) >= 11 is 0. The van der Waals surface area contributed by atoms with Gasteiger partial charge in [0.2, 0.25) is 5.71 Å². The molecule has 0 aliphatic rings. The molecule has 10 rings (SSSR count). The molecule has 10 heteroatoms. The van der Waals surface area contributed by atoms with Gasteiger partial charge in [-0.05, 0) is 111 Å². The van der Waals surface area contributed by atoms with Gasteiger partial charge >= 0.3 is 6.18 Å². The van der Waals surface area contributed by atoms with Crippen LogP contribution in [0.3, 0.4) is 0 Å². The average molecular weight is 1110 g/mol. The number of imidazole rings is 1. The number of nitrogens with zero attached hydrogens (tertiary/aromatic N) is 4. The smallest absolute Gasteiger partial charge is 0.433 e. The van der Waals surface area contributed by atoms with E-state index in [1.54, 1.807) is 12.1 Å². The molecule has 0 atom stereocenters. The van der Waals surface area contributed by atoms with Crippen LogP contribution in [0.5, 0.6) is 0 Å². The zero-order chi connectivity index (χ0) is 48.1. The number of halogens is 3. The van der Waals surface area contributed by atoms with E-state index in [1.807, 2.05) is 42.5 Å². The van der Waals surface area contributed by atoms with Gasteiger partial charge < -0.3 is 14.0 Å². The van der Waals surface area contributed by atoms with Crippen molar-refractivity contribution >= 4 is 57.1 Å². The van der Waals surface area contributed by atoms with E-state index in [4.69, 9.17) is 9.40 Å². The van der Waals surface area contributed by atoms with Crippen LogP contribution in [0, 0.1) is 18.1 Å². The van der Waals surface area contributed by atoms with E-state index in [1.165, 1.54) is 27.6 Å². The van der Waals surface area contributed by atoms with Crippen LogP contribution in [-0.2, 0) is 32.7 Å². The summed E-state index contributed by atoms with van der Waals surface area (Å²) in [6.45, 7) is 20.5. The van der Waals surface area contributed by atoms with Gasteiger partial charge in [-0.3, -0.25) is 4.98 Å². The van der Waals surface area contributed by atoms with E-state index in [-0.39, 0.29) is 37.7 Å². The maximum absolute atomic E-state index is 13.6. The Balaban J connectivity index is 0.000000257. The number of rotatable bonds is 9. The summed E-state index contributed by atoms with van der Waals surface area (Å²) in [6, 6.07) is 50.4. The molecule has 353 valence electrons. The second kappa shape index (κ2) is 19.7. The van der Waals surface area contributed by atoms with Crippen molar-refractivity contribution in [3.05, 3.63) is 174 Å². The summed E-state index contributed by atoms with van der Waals surface area (Å²) in [6.07, 6.45) is -1.35. The fourth-order valence-corrected chi connectivity index (χ4v) is 10.8. The number of hydrogen-bond donors (Lipinski definition) is 0. The van der Waals surface area contributed by atoms with Gasteiger partial charge in [-0.25, -0.2) is 4.98 Å². The van der Waals surface area contributed by atoms with Crippen molar-refractivity contribution in [1.82, 2.24) is 19.5 Å². The molecule has 69 heavy (non-hydrogen) atoms. The minimum Gasteiger partial charge on any atom is -0.486 e. The molecule has 0 bridgehead atoms. The summed E-state index contributed by atoms with van der Waals surface area (Å²) in [5, 5.41) is 5.03. The summed E-state index contributed by atoms with van der Waals surface area (Å²) in [7, 11) is -1.34. The van der Waals surface area contributed by atoms with Crippen molar-refractivity contribution < 1.29 is 37.7 Å². The van der Waals surface area contributed by atoms with Crippen LogP contribution in [-0.4, -0.2) is 27.6 Å². The van der Waals surface area contributed by atoms with E-state index in [0.717, 1.165) is 62.7 Å². The van der Waals surface area contributed by atoms with E-state index in [0.29, 0.717) is 33.7 Å². The Morgan fingerprint density at radius 2 is 1.38 bits per heavy atom. The zero-order valence-electron chi connectivity index (χ0n) is 40.4. The van der Waals surface area contributed by atoms with Crippen molar-refractivity contribution in [2.24, 2.45) is 5.92 Å². The Morgan fingerprint density at radius 1 is 0.681 bits per heavy atom. The van der Waals surface area contributed by atoms with E-state index in [2.05, 4.69) is 161 Å². The van der Waals surface area contributed by atoms with E-state index >= 15 is 0 Å². The first-order valence-electron chi connectivity index (χ1n) is 23.4. The second-order valence-electron chi connectivity index (χ2n) is 19.7. The molecule has 6 aromatic carbocycles. The molecular formula is C59H55F3IrN4OSi-2. The maximum atomic E-state index is 13.6.